The number of amides is 1. The lowest BCUT2D eigenvalue weighted by Crippen LogP contribution is -2.33. The van der Waals surface area contributed by atoms with Crippen LogP contribution >= 0.6 is 11.6 Å². The molecule has 9 heteroatoms. The number of piperidine rings is 1. The van der Waals surface area contributed by atoms with Crippen LogP contribution in [0.25, 0.3) is 0 Å². The molecule has 2 aromatic rings. The van der Waals surface area contributed by atoms with E-state index in [0.717, 1.165) is 25.9 Å². The maximum atomic E-state index is 13.9. The van der Waals surface area contributed by atoms with Crippen molar-refractivity contribution in [3.8, 4) is 0 Å². The Morgan fingerprint density at radius 2 is 1.96 bits per heavy atom. The Labute approximate surface area is 162 Å². The van der Waals surface area contributed by atoms with Crippen molar-refractivity contribution in [3.63, 3.8) is 0 Å². The fraction of sp³-hybridized carbons (Fsp3) is 0.444. The van der Waals surface area contributed by atoms with E-state index in [9.17, 15) is 9.18 Å². The predicted octanol–water partition coefficient (Wildman–Crippen LogP) is 2.65. The van der Waals surface area contributed by atoms with Crippen molar-refractivity contribution in [2.24, 2.45) is 0 Å². The summed E-state index contributed by atoms with van der Waals surface area (Å²) < 4.78 is 13.9. The number of hydrogen-bond donors (Lipinski definition) is 1. The van der Waals surface area contributed by atoms with Gasteiger partial charge in [-0.3, -0.25) is 4.79 Å². The maximum absolute atomic E-state index is 13.9. The fourth-order valence-electron chi connectivity index (χ4n) is 2.87. The SMILES string of the molecule is CN(C)c1nc(CNC(=O)c2c(F)cccc2Cl)nc(N2CCCCC2)n1. The average molecular weight is 393 g/mol. The number of carbonyl (C=O) groups excluding carboxylic acids is 1. The molecule has 1 N–H and O–H groups in total. The molecule has 1 aromatic heterocycles. The van der Waals surface area contributed by atoms with Gasteiger partial charge in [-0.15, -0.1) is 0 Å². The normalized spacial score (nSPS) is 14.1. The summed E-state index contributed by atoms with van der Waals surface area (Å²) in [5.41, 5.74) is -0.183. The Hall–Kier alpha value is -2.48. The van der Waals surface area contributed by atoms with E-state index in [-0.39, 0.29) is 17.1 Å². The van der Waals surface area contributed by atoms with E-state index in [1.165, 1.54) is 24.6 Å². The van der Waals surface area contributed by atoms with Gasteiger partial charge in [0.2, 0.25) is 11.9 Å². The number of nitrogens with one attached hydrogen (secondary N) is 1. The fourth-order valence-corrected chi connectivity index (χ4v) is 3.12. The molecule has 1 saturated heterocycles. The number of hydrogen-bond acceptors (Lipinski definition) is 6. The van der Waals surface area contributed by atoms with Gasteiger partial charge in [-0.25, -0.2) is 4.39 Å². The number of halogens is 2. The Morgan fingerprint density at radius 1 is 1.22 bits per heavy atom. The third-order valence-electron chi connectivity index (χ3n) is 4.29. The first kappa shape index (κ1) is 19.3. The average Bonchev–Trinajstić information content (AvgIpc) is 2.66. The second kappa shape index (κ2) is 8.47. The van der Waals surface area contributed by atoms with Crippen molar-refractivity contribution in [3.05, 3.63) is 40.4 Å². The van der Waals surface area contributed by atoms with Crippen LogP contribution in [0.2, 0.25) is 5.02 Å². The minimum Gasteiger partial charge on any atom is -0.347 e. The zero-order chi connectivity index (χ0) is 19.4. The number of rotatable bonds is 5. The summed E-state index contributed by atoms with van der Waals surface area (Å²) in [4.78, 5) is 29.6. The molecular formula is C18H22ClFN6O. The predicted molar refractivity (Wildman–Crippen MR) is 103 cm³/mol. The van der Waals surface area contributed by atoms with Crippen molar-refractivity contribution in [1.29, 1.82) is 0 Å². The van der Waals surface area contributed by atoms with Crippen LogP contribution in [0.4, 0.5) is 16.3 Å². The van der Waals surface area contributed by atoms with Gasteiger partial charge < -0.3 is 15.1 Å². The van der Waals surface area contributed by atoms with Gasteiger partial charge in [-0.05, 0) is 31.4 Å². The molecule has 0 bridgehead atoms. The van der Waals surface area contributed by atoms with Crippen molar-refractivity contribution in [2.45, 2.75) is 25.8 Å². The highest BCUT2D eigenvalue weighted by molar-refractivity contribution is 6.33. The first-order chi connectivity index (χ1) is 13.0. The molecular weight excluding hydrogens is 371 g/mol. The lowest BCUT2D eigenvalue weighted by atomic mass is 10.1. The van der Waals surface area contributed by atoms with Gasteiger partial charge in [-0.2, -0.15) is 15.0 Å². The third kappa shape index (κ3) is 4.63. The lowest BCUT2D eigenvalue weighted by molar-refractivity contribution is 0.0946. The highest BCUT2D eigenvalue weighted by atomic mass is 35.5. The molecule has 0 saturated carbocycles. The van der Waals surface area contributed by atoms with E-state index in [1.807, 2.05) is 14.1 Å². The summed E-state index contributed by atoms with van der Waals surface area (Å²) in [7, 11) is 3.69. The number of aromatic nitrogens is 3. The molecule has 1 fully saturated rings. The van der Waals surface area contributed by atoms with Gasteiger partial charge in [0, 0.05) is 27.2 Å². The quantitative estimate of drug-likeness (QED) is 0.843. The van der Waals surface area contributed by atoms with E-state index in [0.29, 0.717) is 17.7 Å². The maximum Gasteiger partial charge on any atom is 0.256 e. The van der Waals surface area contributed by atoms with Crippen LogP contribution in [0.15, 0.2) is 18.2 Å². The zero-order valence-corrected chi connectivity index (χ0v) is 16.1. The monoisotopic (exact) mass is 392 g/mol. The highest BCUT2D eigenvalue weighted by Gasteiger charge is 2.19. The van der Waals surface area contributed by atoms with Crippen LogP contribution in [0, 0.1) is 5.82 Å². The molecule has 1 amide bonds. The van der Waals surface area contributed by atoms with Crippen molar-refractivity contribution >= 4 is 29.4 Å². The topological polar surface area (TPSA) is 74.2 Å². The van der Waals surface area contributed by atoms with Gasteiger partial charge in [0.1, 0.15) is 5.82 Å². The Morgan fingerprint density at radius 3 is 2.63 bits per heavy atom. The first-order valence-electron chi connectivity index (χ1n) is 8.85. The summed E-state index contributed by atoms with van der Waals surface area (Å²) in [6.45, 7) is 1.84. The number of anilines is 2. The molecule has 1 aliphatic heterocycles. The molecule has 1 aromatic carbocycles. The second-order valence-electron chi connectivity index (χ2n) is 6.57. The minimum atomic E-state index is -0.668. The standard InChI is InChI=1S/C18H22ClFN6O/c1-25(2)17-22-14(23-18(24-17)26-9-4-3-5-10-26)11-21-16(27)15-12(19)7-6-8-13(15)20/h6-8H,3-5,9-11H2,1-2H3,(H,21,27). The van der Waals surface area contributed by atoms with Crippen molar-refractivity contribution in [1.82, 2.24) is 20.3 Å². The largest absolute Gasteiger partial charge is 0.347 e. The van der Waals surface area contributed by atoms with E-state index in [1.54, 1.807) is 4.90 Å². The van der Waals surface area contributed by atoms with Crippen LogP contribution in [-0.2, 0) is 6.54 Å². The number of carbonyl (C=O) groups is 1. The van der Waals surface area contributed by atoms with Crippen LogP contribution in [0.1, 0.15) is 35.4 Å². The molecule has 0 aliphatic carbocycles. The first-order valence-corrected chi connectivity index (χ1v) is 9.23. The molecule has 2 heterocycles. The van der Waals surface area contributed by atoms with E-state index >= 15 is 0 Å². The minimum absolute atomic E-state index is 0.0493. The van der Waals surface area contributed by atoms with Crippen LogP contribution < -0.4 is 15.1 Å². The summed E-state index contributed by atoms with van der Waals surface area (Å²) in [5, 5.41) is 2.70. The van der Waals surface area contributed by atoms with Gasteiger partial charge in [0.25, 0.3) is 5.91 Å². The lowest BCUT2D eigenvalue weighted by Gasteiger charge is -2.27. The van der Waals surface area contributed by atoms with E-state index < -0.39 is 11.7 Å². The van der Waals surface area contributed by atoms with Gasteiger partial charge in [-0.1, -0.05) is 17.7 Å². The zero-order valence-electron chi connectivity index (χ0n) is 15.4. The molecule has 27 heavy (non-hydrogen) atoms. The van der Waals surface area contributed by atoms with Gasteiger partial charge >= 0.3 is 0 Å². The van der Waals surface area contributed by atoms with Gasteiger partial charge in [0.15, 0.2) is 5.82 Å². The highest BCUT2D eigenvalue weighted by Crippen LogP contribution is 2.20. The summed E-state index contributed by atoms with van der Waals surface area (Å²) in [6.07, 6.45) is 3.40. The Bertz CT molecular complexity index is 805. The van der Waals surface area contributed by atoms with E-state index in [4.69, 9.17) is 11.6 Å². The number of nitrogens with zero attached hydrogens (tertiary/aromatic N) is 5. The Balaban J connectivity index is 1.79. The molecule has 3 rings (SSSR count). The molecule has 0 radical (unpaired) electrons. The second-order valence-corrected chi connectivity index (χ2v) is 6.98. The molecule has 0 atom stereocenters. The third-order valence-corrected chi connectivity index (χ3v) is 4.61. The summed E-state index contributed by atoms with van der Waals surface area (Å²) in [6, 6.07) is 4.12. The molecule has 144 valence electrons. The summed E-state index contributed by atoms with van der Waals surface area (Å²) in [5.74, 6) is 0.249. The van der Waals surface area contributed by atoms with Crippen LogP contribution in [-0.4, -0.2) is 48.0 Å². The van der Waals surface area contributed by atoms with Crippen molar-refractivity contribution in [2.75, 3.05) is 37.0 Å². The molecule has 0 spiro atoms. The number of benzene rings is 1. The van der Waals surface area contributed by atoms with E-state index in [2.05, 4.69) is 25.2 Å². The summed E-state index contributed by atoms with van der Waals surface area (Å²) >= 11 is 5.94. The molecule has 1 aliphatic rings. The molecule has 7 nitrogen and oxygen atoms in total. The molecule has 0 unspecified atom stereocenters. The van der Waals surface area contributed by atoms with Crippen LogP contribution in [0.5, 0.6) is 0 Å². The van der Waals surface area contributed by atoms with Crippen LogP contribution in [0.3, 0.4) is 0 Å². The smallest absolute Gasteiger partial charge is 0.256 e. The van der Waals surface area contributed by atoms with Crippen molar-refractivity contribution < 1.29 is 9.18 Å². The van der Waals surface area contributed by atoms with Gasteiger partial charge in [0.05, 0.1) is 17.1 Å². The Kier molecular flexibility index (Phi) is 6.05.